The summed E-state index contributed by atoms with van der Waals surface area (Å²) in [5.41, 5.74) is 1.07. The van der Waals surface area contributed by atoms with E-state index in [1.165, 1.54) is 22.8 Å². The number of hydrogen-bond donors (Lipinski definition) is 1. The van der Waals surface area contributed by atoms with Crippen LogP contribution in [0.5, 0.6) is 0 Å². The van der Waals surface area contributed by atoms with Crippen LogP contribution in [0.4, 0.5) is 16.0 Å². The second-order valence-corrected chi connectivity index (χ2v) is 5.91. The van der Waals surface area contributed by atoms with Gasteiger partial charge in [0.15, 0.2) is 5.82 Å². The maximum atomic E-state index is 13.0. The number of benzene rings is 1. The first kappa shape index (κ1) is 17.5. The van der Waals surface area contributed by atoms with Crippen LogP contribution in [-0.2, 0) is 6.42 Å². The van der Waals surface area contributed by atoms with Crippen molar-refractivity contribution < 1.29 is 13.8 Å². The Hall–Kier alpha value is -3.89. The zero-order valence-corrected chi connectivity index (χ0v) is 14.4. The van der Waals surface area contributed by atoms with E-state index in [9.17, 15) is 14.5 Å². The Labute approximate surface area is 157 Å². The number of aromatic nitrogens is 5. The number of halogens is 1. The van der Waals surface area contributed by atoms with Crippen molar-refractivity contribution in [1.29, 1.82) is 0 Å². The Kier molecular flexibility index (Phi) is 4.62. The lowest BCUT2D eigenvalue weighted by Crippen LogP contribution is -2.07. The van der Waals surface area contributed by atoms with Crippen LogP contribution >= 0.6 is 0 Å². The summed E-state index contributed by atoms with van der Waals surface area (Å²) in [4.78, 5) is 18.7. The average Bonchev–Trinajstić information content (AvgIpc) is 3.32. The number of fused-ring (bicyclic) bond motifs is 1. The van der Waals surface area contributed by atoms with Crippen LogP contribution in [0.15, 0.2) is 47.1 Å². The zero-order valence-electron chi connectivity index (χ0n) is 14.4. The van der Waals surface area contributed by atoms with E-state index in [0.717, 1.165) is 0 Å². The third-order valence-corrected chi connectivity index (χ3v) is 3.98. The molecule has 10 nitrogen and oxygen atoms in total. The summed E-state index contributed by atoms with van der Waals surface area (Å²) in [6.07, 6.45) is 2.38. The Bertz CT molecular complexity index is 1120. The van der Waals surface area contributed by atoms with Crippen LogP contribution in [0.25, 0.3) is 17.0 Å². The minimum absolute atomic E-state index is 0.196. The Morgan fingerprint density at radius 1 is 1.21 bits per heavy atom. The lowest BCUT2D eigenvalue weighted by Gasteiger charge is -2.02. The molecule has 0 spiro atoms. The van der Waals surface area contributed by atoms with E-state index in [-0.39, 0.29) is 11.6 Å². The quantitative estimate of drug-likeness (QED) is 0.293. The monoisotopic (exact) mass is 383 g/mol. The number of anilines is 1. The van der Waals surface area contributed by atoms with Crippen molar-refractivity contribution in [2.24, 2.45) is 0 Å². The molecule has 1 N–H and O–H groups in total. The van der Waals surface area contributed by atoms with Gasteiger partial charge in [0.2, 0.25) is 17.4 Å². The van der Waals surface area contributed by atoms with Gasteiger partial charge in [-0.3, -0.25) is 0 Å². The summed E-state index contributed by atoms with van der Waals surface area (Å²) in [5.74, 6) is 0.840. The van der Waals surface area contributed by atoms with Gasteiger partial charge >= 0.3 is 5.82 Å². The summed E-state index contributed by atoms with van der Waals surface area (Å²) in [7, 11) is 0. The summed E-state index contributed by atoms with van der Waals surface area (Å²) < 4.78 is 19.3. The Balaban J connectivity index is 1.33. The predicted molar refractivity (Wildman–Crippen MR) is 96.1 cm³/mol. The highest BCUT2D eigenvalue weighted by Gasteiger charge is 2.16. The van der Waals surface area contributed by atoms with Gasteiger partial charge < -0.3 is 20.0 Å². The van der Waals surface area contributed by atoms with E-state index in [0.29, 0.717) is 48.1 Å². The van der Waals surface area contributed by atoms with Crippen LogP contribution in [0.2, 0.25) is 0 Å². The standard InChI is InChI=1S/C17H14FN7O3/c18-12-5-3-11(4-6-12)17-21-15(28-23-17)2-1-9-19-13-7-8-14-20-10-16(25(26)27)24(14)22-13/h3-8,10H,1-2,9H2,(H,19,22). The van der Waals surface area contributed by atoms with Crippen molar-refractivity contribution in [3.8, 4) is 11.4 Å². The number of imidazole rings is 1. The summed E-state index contributed by atoms with van der Waals surface area (Å²) >= 11 is 0. The predicted octanol–water partition coefficient (Wildman–Crippen LogP) is 2.87. The van der Waals surface area contributed by atoms with Gasteiger partial charge in [0.25, 0.3) is 0 Å². The largest absolute Gasteiger partial charge is 0.368 e. The van der Waals surface area contributed by atoms with Crippen molar-refractivity contribution in [2.75, 3.05) is 11.9 Å². The second-order valence-electron chi connectivity index (χ2n) is 5.91. The van der Waals surface area contributed by atoms with Crippen LogP contribution in [0.3, 0.4) is 0 Å². The molecule has 0 saturated carbocycles. The molecule has 11 heteroatoms. The number of hydrogen-bond acceptors (Lipinski definition) is 8. The summed E-state index contributed by atoms with van der Waals surface area (Å²) in [6.45, 7) is 0.551. The molecule has 142 valence electrons. The minimum Gasteiger partial charge on any atom is -0.367 e. The minimum atomic E-state index is -0.537. The zero-order chi connectivity index (χ0) is 19.5. The van der Waals surface area contributed by atoms with Crippen LogP contribution in [0, 0.1) is 15.9 Å². The maximum absolute atomic E-state index is 13.0. The van der Waals surface area contributed by atoms with Crippen LogP contribution in [-0.4, -0.2) is 36.2 Å². The molecule has 3 aromatic heterocycles. The topological polar surface area (TPSA) is 124 Å². The highest BCUT2D eigenvalue weighted by Crippen LogP contribution is 2.17. The van der Waals surface area contributed by atoms with Gasteiger partial charge in [0.1, 0.15) is 12.0 Å². The van der Waals surface area contributed by atoms with Gasteiger partial charge in [-0.2, -0.15) is 4.98 Å². The number of nitrogens with zero attached hydrogens (tertiary/aromatic N) is 6. The highest BCUT2D eigenvalue weighted by molar-refractivity contribution is 5.53. The summed E-state index contributed by atoms with van der Waals surface area (Å²) in [6, 6.07) is 9.19. The molecule has 4 rings (SSSR count). The van der Waals surface area contributed by atoms with Crippen molar-refractivity contribution in [3.63, 3.8) is 0 Å². The average molecular weight is 383 g/mol. The number of aryl methyl sites for hydroxylation is 1. The fourth-order valence-corrected chi connectivity index (χ4v) is 2.61. The molecule has 0 aliphatic rings. The maximum Gasteiger partial charge on any atom is 0.368 e. The molecular formula is C17H14FN7O3. The third-order valence-electron chi connectivity index (χ3n) is 3.98. The molecule has 0 atom stereocenters. The molecule has 1 aromatic carbocycles. The van der Waals surface area contributed by atoms with Crippen molar-refractivity contribution in [2.45, 2.75) is 12.8 Å². The van der Waals surface area contributed by atoms with E-state index in [2.05, 4.69) is 25.5 Å². The van der Waals surface area contributed by atoms with Crippen molar-refractivity contribution in [1.82, 2.24) is 24.7 Å². The van der Waals surface area contributed by atoms with Crippen LogP contribution < -0.4 is 5.32 Å². The van der Waals surface area contributed by atoms with Crippen molar-refractivity contribution in [3.05, 3.63) is 64.4 Å². The first-order valence-electron chi connectivity index (χ1n) is 8.42. The highest BCUT2D eigenvalue weighted by atomic mass is 19.1. The number of nitrogens with one attached hydrogen (secondary N) is 1. The van der Waals surface area contributed by atoms with E-state index < -0.39 is 4.92 Å². The smallest absolute Gasteiger partial charge is 0.367 e. The third kappa shape index (κ3) is 3.63. The van der Waals surface area contributed by atoms with Gasteiger partial charge in [-0.15, -0.1) is 0 Å². The van der Waals surface area contributed by atoms with Gasteiger partial charge in [-0.1, -0.05) is 14.8 Å². The SMILES string of the molecule is O=[N+]([O-])c1cnc2ccc(NCCCc3nc(-c4ccc(F)cc4)no3)nn12. The van der Waals surface area contributed by atoms with E-state index in [1.807, 2.05) is 0 Å². The molecule has 28 heavy (non-hydrogen) atoms. The van der Waals surface area contributed by atoms with Gasteiger partial charge in [-0.25, -0.2) is 9.37 Å². The molecule has 0 radical (unpaired) electrons. The van der Waals surface area contributed by atoms with Gasteiger partial charge in [0.05, 0.1) is 0 Å². The number of rotatable bonds is 7. The first-order valence-corrected chi connectivity index (χ1v) is 8.42. The lowest BCUT2D eigenvalue weighted by atomic mass is 10.2. The molecule has 0 aliphatic heterocycles. The molecule has 0 unspecified atom stereocenters. The van der Waals surface area contributed by atoms with E-state index in [1.54, 1.807) is 24.3 Å². The fourth-order valence-electron chi connectivity index (χ4n) is 2.61. The second kappa shape index (κ2) is 7.39. The van der Waals surface area contributed by atoms with Crippen molar-refractivity contribution >= 4 is 17.3 Å². The summed E-state index contributed by atoms with van der Waals surface area (Å²) in [5, 5.41) is 22.1. The van der Waals surface area contributed by atoms with Gasteiger partial charge in [-0.05, 0) is 41.7 Å². The molecule has 0 amide bonds. The first-order chi connectivity index (χ1) is 13.6. The van der Waals surface area contributed by atoms with E-state index in [4.69, 9.17) is 4.52 Å². The molecule has 0 bridgehead atoms. The molecule has 0 fully saturated rings. The number of nitro groups is 1. The van der Waals surface area contributed by atoms with Crippen LogP contribution in [0.1, 0.15) is 12.3 Å². The Morgan fingerprint density at radius 2 is 2.04 bits per heavy atom. The lowest BCUT2D eigenvalue weighted by molar-refractivity contribution is -0.391. The van der Waals surface area contributed by atoms with E-state index >= 15 is 0 Å². The fraction of sp³-hybridized carbons (Fsp3) is 0.176. The Morgan fingerprint density at radius 3 is 2.82 bits per heavy atom. The normalized spacial score (nSPS) is 11.0. The van der Waals surface area contributed by atoms with Gasteiger partial charge in [0, 0.05) is 24.6 Å². The molecule has 0 aliphatic carbocycles. The molecule has 4 aromatic rings. The molecule has 3 heterocycles. The molecule has 0 saturated heterocycles. The molecular weight excluding hydrogens is 369 g/mol.